The van der Waals surface area contributed by atoms with Gasteiger partial charge in [0.05, 0.1) is 17.6 Å². The summed E-state index contributed by atoms with van der Waals surface area (Å²) >= 11 is 0. The highest BCUT2D eigenvalue weighted by molar-refractivity contribution is 7.90. The molecular formula is C15H20N2O5S. The summed E-state index contributed by atoms with van der Waals surface area (Å²) in [6, 6.07) is 4.00. The fourth-order valence-corrected chi connectivity index (χ4v) is 3.13. The van der Waals surface area contributed by atoms with Crippen LogP contribution in [0.5, 0.6) is 0 Å². The molecule has 0 saturated carbocycles. The van der Waals surface area contributed by atoms with E-state index < -0.39 is 15.8 Å². The normalized spacial score (nSPS) is 15.9. The molecule has 1 aliphatic heterocycles. The molecular weight excluding hydrogens is 320 g/mol. The first-order valence-corrected chi connectivity index (χ1v) is 9.15. The van der Waals surface area contributed by atoms with Crippen molar-refractivity contribution in [1.82, 2.24) is 5.32 Å². The van der Waals surface area contributed by atoms with E-state index in [0.29, 0.717) is 0 Å². The van der Waals surface area contributed by atoms with E-state index in [9.17, 15) is 18.0 Å². The molecule has 0 spiro atoms. The quantitative estimate of drug-likeness (QED) is 0.787. The molecule has 1 heterocycles. The number of carbonyl (C=O) groups is 2. The molecule has 0 unspecified atom stereocenters. The van der Waals surface area contributed by atoms with Gasteiger partial charge in [0.2, 0.25) is 5.91 Å². The highest BCUT2D eigenvalue weighted by atomic mass is 32.2. The number of nitrogens with one attached hydrogen (secondary N) is 2. The number of hydrogen-bond acceptors (Lipinski definition) is 6. The van der Waals surface area contributed by atoms with E-state index in [1.54, 1.807) is 0 Å². The smallest absolute Gasteiger partial charge is 0.337 e. The first kappa shape index (κ1) is 17.4. The Morgan fingerprint density at radius 2 is 1.87 bits per heavy atom. The van der Waals surface area contributed by atoms with Gasteiger partial charge in [-0.2, -0.15) is 0 Å². The van der Waals surface area contributed by atoms with Gasteiger partial charge in [-0.1, -0.05) is 0 Å². The summed E-state index contributed by atoms with van der Waals surface area (Å²) in [4.78, 5) is 23.9. The van der Waals surface area contributed by atoms with Crippen LogP contribution in [0.3, 0.4) is 0 Å². The molecule has 0 aliphatic carbocycles. The van der Waals surface area contributed by atoms with Gasteiger partial charge in [0.15, 0.2) is 9.84 Å². The number of carbonyl (C=O) groups excluding carboxylic acids is 2. The third-order valence-electron chi connectivity index (χ3n) is 3.73. The van der Waals surface area contributed by atoms with E-state index in [4.69, 9.17) is 0 Å². The third-order valence-corrected chi connectivity index (χ3v) is 4.83. The van der Waals surface area contributed by atoms with Crippen molar-refractivity contribution in [1.29, 1.82) is 0 Å². The van der Waals surface area contributed by atoms with Crippen LogP contribution in [-0.4, -0.2) is 46.7 Å². The summed E-state index contributed by atoms with van der Waals surface area (Å²) in [6.45, 7) is 1.55. The summed E-state index contributed by atoms with van der Waals surface area (Å²) in [5.41, 5.74) is 0.355. The minimum absolute atomic E-state index is 0.0407. The second-order valence-electron chi connectivity index (χ2n) is 5.52. The van der Waals surface area contributed by atoms with Gasteiger partial charge >= 0.3 is 5.97 Å². The number of sulfone groups is 1. The summed E-state index contributed by atoms with van der Waals surface area (Å²) < 4.78 is 28.2. The van der Waals surface area contributed by atoms with E-state index >= 15 is 0 Å². The minimum Gasteiger partial charge on any atom is -0.465 e. The van der Waals surface area contributed by atoms with Crippen LogP contribution < -0.4 is 10.6 Å². The predicted octanol–water partition coefficient (Wildman–Crippen LogP) is 0.815. The van der Waals surface area contributed by atoms with Gasteiger partial charge < -0.3 is 15.4 Å². The Hall–Kier alpha value is -1.93. The maximum Gasteiger partial charge on any atom is 0.337 e. The minimum atomic E-state index is -3.52. The van der Waals surface area contributed by atoms with Gasteiger partial charge in [0.25, 0.3) is 0 Å². The zero-order valence-electron chi connectivity index (χ0n) is 13.1. The average molecular weight is 340 g/mol. The topological polar surface area (TPSA) is 102 Å². The Bertz CT molecular complexity index is 709. The number of amides is 1. The van der Waals surface area contributed by atoms with E-state index in [-0.39, 0.29) is 28.0 Å². The standard InChI is InChI=1S/C15H20N2O5S/c1-22-15(19)11-7-12(9-13(8-11)23(2,20)21)17-14(18)10-3-5-16-6-4-10/h7-10,16H,3-6H2,1-2H3,(H,17,18). The van der Waals surface area contributed by atoms with Crippen LogP contribution in [0.25, 0.3) is 0 Å². The number of piperidine rings is 1. The Morgan fingerprint density at radius 1 is 1.22 bits per heavy atom. The van der Waals surface area contributed by atoms with Crippen molar-refractivity contribution in [2.24, 2.45) is 5.92 Å². The van der Waals surface area contributed by atoms with Gasteiger partial charge in [0.1, 0.15) is 0 Å². The number of rotatable bonds is 4. The van der Waals surface area contributed by atoms with Crippen molar-refractivity contribution in [2.45, 2.75) is 17.7 Å². The van der Waals surface area contributed by atoms with Crippen molar-refractivity contribution >= 4 is 27.4 Å². The fourth-order valence-electron chi connectivity index (χ4n) is 2.45. The van der Waals surface area contributed by atoms with Crippen molar-refractivity contribution in [3.8, 4) is 0 Å². The van der Waals surface area contributed by atoms with Crippen molar-refractivity contribution in [3.05, 3.63) is 23.8 Å². The number of methoxy groups -OCH3 is 1. The van der Waals surface area contributed by atoms with Crippen LogP contribution in [0.2, 0.25) is 0 Å². The molecule has 2 rings (SSSR count). The zero-order chi connectivity index (χ0) is 17.0. The van der Waals surface area contributed by atoms with Crippen molar-refractivity contribution in [3.63, 3.8) is 0 Å². The van der Waals surface area contributed by atoms with Gasteiger partial charge in [-0.3, -0.25) is 4.79 Å². The third kappa shape index (κ3) is 4.52. The highest BCUT2D eigenvalue weighted by Gasteiger charge is 2.22. The van der Waals surface area contributed by atoms with Crippen LogP contribution in [0.4, 0.5) is 5.69 Å². The lowest BCUT2D eigenvalue weighted by Gasteiger charge is -2.22. The molecule has 0 bridgehead atoms. The molecule has 0 aromatic heterocycles. The number of benzene rings is 1. The van der Waals surface area contributed by atoms with Gasteiger partial charge in [0, 0.05) is 17.9 Å². The van der Waals surface area contributed by atoms with Gasteiger partial charge in [-0.05, 0) is 44.1 Å². The Morgan fingerprint density at radius 3 is 2.43 bits per heavy atom. The molecule has 8 heteroatoms. The molecule has 1 aliphatic rings. The maximum absolute atomic E-state index is 12.3. The van der Waals surface area contributed by atoms with Crippen LogP contribution in [-0.2, 0) is 19.4 Å². The molecule has 0 radical (unpaired) electrons. The van der Waals surface area contributed by atoms with Gasteiger partial charge in [-0.15, -0.1) is 0 Å². The Balaban J connectivity index is 2.29. The molecule has 1 aromatic rings. The molecule has 2 N–H and O–H groups in total. The van der Waals surface area contributed by atoms with Crippen LogP contribution in [0.1, 0.15) is 23.2 Å². The van der Waals surface area contributed by atoms with Crippen molar-refractivity contribution in [2.75, 3.05) is 31.8 Å². The lowest BCUT2D eigenvalue weighted by molar-refractivity contribution is -0.120. The zero-order valence-corrected chi connectivity index (χ0v) is 13.9. The van der Waals surface area contributed by atoms with Gasteiger partial charge in [-0.25, -0.2) is 13.2 Å². The summed E-state index contributed by atoms with van der Waals surface area (Å²) in [5.74, 6) is -0.958. The van der Waals surface area contributed by atoms with Crippen LogP contribution in [0.15, 0.2) is 23.1 Å². The summed E-state index contributed by atoms with van der Waals surface area (Å²) in [7, 11) is -2.31. The second kappa shape index (κ2) is 7.10. The first-order valence-electron chi connectivity index (χ1n) is 7.26. The molecule has 0 atom stereocenters. The largest absolute Gasteiger partial charge is 0.465 e. The second-order valence-corrected chi connectivity index (χ2v) is 7.54. The van der Waals surface area contributed by atoms with Crippen molar-refractivity contribution < 1.29 is 22.7 Å². The summed E-state index contributed by atoms with van der Waals surface area (Å²) in [6.07, 6.45) is 2.49. The lowest BCUT2D eigenvalue weighted by atomic mass is 9.97. The monoisotopic (exact) mass is 340 g/mol. The fraction of sp³-hybridized carbons (Fsp3) is 0.467. The van der Waals surface area contributed by atoms with E-state index in [1.807, 2.05) is 0 Å². The Labute approximate surface area is 135 Å². The number of hydrogen-bond donors (Lipinski definition) is 2. The molecule has 1 fully saturated rings. The maximum atomic E-state index is 12.3. The molecule has 1 saturated heterocycles. The Kier molecular flexibility index (Phi) is 5.38. The SMILES string of the molecule is COC(=O)c1cc(NC(=O)C2CCNCC2)cc(S(C)(=O)=O)c1. The van der Waals surface area contributed by atoms with E-state index in [1.165, 1.54) is 25.3 Å². The summed E-state index contributed by atoms with van der Waals surface area (Å²) in [5, 5.41) is 5.88. The molecule has 126 valence electrons. The highest BCUT2D eigenvalue weighted by Crippen LogP contribution is 2.22. The average Bonchev–Trinajstić information content (AvgIpc) is 2.53. The van der Waals surface area contributed by atoms with E-state index in [0.717, 1.165) is 32.2 Å². The lowest BCUT2D eigenvalue weighted by Crippen LogP contribution is -2.34. The van der Waals surface area contributed by atoms with Crippen LogP contribution in [0, 0.1) is 5.92 Å². The van der Waals surface area contributed by atoms with E-state index in [2.05, 4.69) is 15.4 Å². The molecule has 1 aromatic carbocycles. The molecule has 1 amide bonds. The predicted molar refractivity (Wildman–Crippen MR) is 85.1 cm³/mol. The molecule has 23 heavy (non-hydrogen) atoms. The van der Waals surface area contributed by atoms with Crippen LogP contribution >= 0.6 is 0 Å². The molecule has 7 nitrogen and oxygen atoms in total. The number of anilines is 1. The first-order chi connectivity index (χ1) is 10.8. The number of esters is 1. The number of ether oxygens (including phenoxy) is 1.